The summed E-state index contributed by atoms with van der Waals surface area (Å²) in [5.74, 6) is -0.330. The van der Waals surface area contributed by atoms with Gasteiger partial charge in [0.05, 0.1) is 24.9 Å². The lowest BCUT2D eigenvalue weighted by atomic mass is 10.1. The Morgan fingerprint density at radius 3 is 2.53 bits per heavy atom. The molecule has 0 aliphatic rings. The predicted molar refractivity (Wildman–Crippen MR) is 115 cm³/mol. The zero-order valence-corrected chi connectivity index (χ0v) is 18.8. The van der Waals surface area contributed by atoms with Crippen LogP contribution in [0.3, 0.4) is 0 Å². The van der Waals surface area contributed by atoms with Crippen molar-refractivity contribution in [3.8, 4) is 0 Å². The molecule has 1 aromatic carbocycles. The summed E-state index contributed by atoms with van der Waals surface area (Å²) in [7, 11) is 3.17. The van der Waals surface area contributed by atoms with Gasteiger partial charge in [0.2, 0.25) is 5.91 Å². The Hall–Kier alpha value is -2.31. The third-order valence-electron chi connectivity index (χ3n) is 3.93. The van der Waals surface area contributed by atoms with Crippen LogP contribution in [0.4, 0.5) is 17.6 Å². The number of benzene rings is 1. The fraction of sp³-hybridized carbons (Fsp3) is 0.368. The highest BCUT2D eigenvalue weighted by molar-refractivity contribution is 14.0. The molecular weight excluding hydrogens is 519 g/mol. The fourth-order valence-corrected chi connectivity index (χ4v) is 2.37. The van der Waals surface area contributed by atoms with Crippen LogP contribution in [-0.2, 0) is 23.9 Å². The van der Waals surface area contributed by atoms with Gasteiger partial charge in [-0.1, -0.05) is 6.07 Å². The van der Waals surface area contributed by atoms with Gasteiger partial charge in [-0.3, -0.25) is 4.79 Å². The van der Waals surface area contributed by atoms with Crippen molar-refractivity contribution in [3.05, 3.63) is 59.3 Å². The molecule has 0 aliphatic heterocycles. The summed E-state index contributed by atoms with van der Waals surface area (Å²) in [6.07, 6.45) is -2.65. The van der Waals surface area contributed by atoms with E-state index in [4.69, 9.17) is 4.42 Å². The highest BCUT2D eigenvalue weighted by Crippen LogP contribution is 2.32. The van der Waals surface area contributed by atoms with Gasteiger partial charge >= 0.3 is 6.18 Å². The van der Waals surface area contributed by atoms with Gasteiger partial charge < -0.3 is 20.0 Å². The topological polar surface area (TPSA) is 69.9 Å². The number of furan rings is 1. The normalized spacial score (nSPS) is 11.6. The number of guanidine groups is 1. The van der Waals surface area contributed by atoms with Crippen LogP contribution in [0.15, 0.2) is 46.0 Å². The SMILES string of the molecule is CN(C)C(=O)CNC(=NCc1ccc(F)cc1C(F)(F)F)NCCc1ccco1.I. The number of hydrogen-bond donors (Lipinski definition) is 2. The van der Waals surface area contributed by atoms with E-state index >= 15 is 0 Å². The molecule has 11 heteroatoms. The van der Waals surface area contributed by atoms with Gasteiger partial charge in [0.15, 0.2) is 5.96 Å². The molecule has 6 nitrogen and oxygen atoms in total. The fourth-order valence-electron chi connectivity index (χ4n) is 2.37. The van der Waals surface area contributed by atoms with Crippen molar-refractivity contribution in [3.63, 3.8) is 0 Å². The minimum atomic E-state index is -4.70. The van der Waals surface area contributed by atoms with E-state index in [1.54, 1.807) is 26.2 Å². The van der Waals surface area contributed by atoms with Crippen LogP contribution in [0.1, 0.15) is 16.9 Å². The number of rotatable bonds is 7. The van der Waals surface area contributed by atoms with Crippen LogP contribution in [-0.4, -0.2) is 44.0 Å². The van der Waals surface area contributed by atoms with E-state index in [0.717, 1.165) is 17.9 Å². The van der Waals surface area contributed by atoms with E-state index < -0.39 is 17.6 Å². The molecule has 2 N–H and O–H groups in total. The molecule has 1 aromatic heterocycles. The molecule has 0 atom stereocenters. The molecule has 0 unspecified atom stereocenters. The molecule has 0 aliphatic carbocycles. The van der Waals surface area contributed by atoms with Crippen LogP contribution in [0.2, 0.25) is 0 Å². The van der Waals surface area contributed by atoms with E-state index in [-0.39, 0.29) is 54.5 Å². The molecule has 0 fully saturated rings. The van der Waals surface area contributed by atoms with Crippen molar-refractivity contribution in [2.24, 2.45) is 4.99 Å². The van der Waals surface area contributed by atoms with Crippen LogP contribution in [0.25, 0.3) is 0 Å². The molecule has 0 saturated carbocycles. The lowest BCUT2D eigenvalue weighted by Crippen LogP contribution is -2.43. The van der Waals surface area contributed by atoms with Crippen molar-refractivity contribution in [1.82, 2.24) is 15.5 Å². The van der Waals surface area contributed by atoms with Crippen molar-refractivity contribution in [2.75, 3.05) is 27.2 Å². The molecule has 2 aromatic rings. The minimum absolute atomic E-state index is 0. The molecule has 30 heavy (non-hydrogen) atoms. The maximum Gasteiger partial charge on any atom is 0.416 e. The molecule has 0 spiro atoms. The van der Waals surface area contributed by atoms with Crippen LogP contribution >= 0.6 is 24.0 Å². The summed E-state index contributed by atoms with van der Waals surface area (Å²) in [5, 5.41) is 5.73. The first-order valence-corrected chi connectivity index (χ1v) is 8.77. The quantitative estimate of drug-likeness (QED) is 0.244. The number of carbonyl (C=O) groups excluding carboxylic acids is 1. The van der Waals surface area contributed by atoms with E-state index in [1.165, 1.54) is 11.2 Å². The first-order chi connectivity index (χ1) is 13.7. The van der Waals surface area contributed by atoms with E-state index in [1.807, 2.05) is 0 Å². The molecule has 0 bridgehead atoms. The first-order valence-electron chi connectivity index (χ1n) is 8.77. The predicted octanol–water partition coefficient (Wildman–Crippen LogP) is 3.42. The number of nitrogens with one attached hydrogen (secondary N) is 2. The molecule has 166 valence electrons. The molecule has 2 rings (SSSR count). The lowest BCUT2D eigenvalue weighted by molar-refractivity contribution is -0.138. The first kappa shape index (κ1) is 25.7. The van der Waals surface area contributed by atoms with Crippen molar-refractivity contribution in [2.45, 2.75) is 19.1 Å². The van der Waals surface area contributed by atoms with Crippen LogP contribution in [0, 0.1) is 5.82 Å². The van der Waals surface area contributed by atoms with E-state index in [0.29, 0.717) is 19.0 Å². The maximum atomic E-state index is 13.3. The highest BCUT2D eigenvalue weighted by Gasteiger charge is 2.33. The second-order valence-electron chi connectivity index (χ2n) is 6.36. The lowest BCUT2D eigenvalue weighted by Gasteiger charge is -2.16. The number of likely N-dealkylation sites (N-methyl/N-ethyl adjacent to an activating group) is 1. The number of carbonyl (C=O) groups is 1. The van der Waals surface area contributed by atoms with Crippen molar-refractivity contribution in [1.29, 1.82) is 0 Å². The minimum Gasteiger partial charge on any atom is -0.469 e. The third-order valence-corrected chi connectivity index (χ3v) is 3.93. The van der Waals surface area contributed by atoms with Gasteiger partial charge in [-0.15, -0.1) is 24.0 Å². The van der Waals surface area contributed by atoms with Gasteiger partial charge in [-0.2, -0.15) is 13.2 Å². The second kappa shape index (κ2) is 11.8. The van der Waals surface area contributed by atoms with Gasteiger partial charge in [-0.05, 0) is 29.8 Å². The van der Waals surface area contributed by atoms with Gasteiger partial charge in [-0.25, -0.2) is 9.38 Å². The zero-order valence-electron chi connectivity index (χ0n) is 16.4. The Morgan fingerprint density at radius 2 is 1.93 bits per heavy atom. The zero-order chi connectivity index (χ0) is 21.4. The number of amides is 1. The van der Waals surface area contributed by atoms with Crippen LogP contribution in [0.5, 0.6) is 0 Å². The third kappa shape index (κ3) is 8.20. The summed E-state index contributed by atoms with van der Waals surface area (Å²) in [6, 6.07) is 5.97. The standard InChI is InChI=1S/C19H22F4N4O2.HI/c1-27(2)17(28)12-26-18(24-8-7-15-4-3-9-29-15)25-11-13-5-6-14(20)10-16(13)19(21,22)23;/h3-6,9-10H,7-8,11-12H2,1-2H3,(H2,24,25,26);1H. The number of halogens is 5. The van der Waals surface area contributed by atoms with Gasteiger partial charge in [0.1, 0.15) is 11.6 Å². The Kier molecular flexibility index (Phi) is 10.1. The second-order valence-corrected chi connectivity index (χ2v) is 6.36. The average Bonchev–Trinajstić information content (AvgIpc) is 3.16. The molecular formula is C19H23F4IN4O2. The number of alkyl halides is 3. The maximum absolute atomic E-state index is 13.3. The largest absolute Gasteiger partial charge is 0.469 e. The van der Waals surface area contributed by atoms with Gasteiger partial charge in [0.25, 0.3) is 0 Å². The smallest absolute Gasteiger partial charge is 0.416 e. The summed E-state index contributed by atoms with van der Waals surface area (Å²) in [4.78, 5) is 17.3. The Morgan fingerprint density at radius 1 is 1.20 bits per heavy atom. The monoisotopic (exact) mass is 542 g/mol. The van der Waals surface area contributed by atoms with Gasteiger partial charge in [0, 0.05) is 27.1 Å². The highest BCUT2D eigenvalue weighted by atomic mass is 127. The van der Waals surface area contributed by atoms with Crippen molar-refractivity contribution >= 4 is 35.8 Å². The van der Waals surface area contributed by atoms with Crippen molar-refractivity contribution < 1.29 is 26.8 Å². The number of hydrogen-bond acceptors (Lipinski definition) is 3. The summed E-state index contributed by atoms with van der Waals surface area (Å²) in [5.41, 5.74) is -1.26. The summed E-state index contributed by atoms with van der Waals surface area (Å²) in [6.45, 7) is -0.0540. The molecule has 0 saturated heterocycles. The number of nitrogens with zero attached hydrogens (tertiary/aromatic N) is 2. The van der Waals surface area contributed by atoms with E-state index in [2.05, 4.69) is 15.6 Å². The Bertz CT molecular complexity index is 840. The summed E-state index contributed by atoms with van der Waals surface area (Å²) >= 11 is 0. The Labute approximate surface area is 188 Å². The molecule has 1 heterocycles. The van der Waals surface area contributed by atoms with Crippen LogP contribution < -0.4 is 10.6 Å². The average molecular weight is 542 g/mol. The molecule has 0 radical (unpaired) electrons. The molecule has 1 amide bonds. The van der Waals surface area contributed by atoms with E-state index in [9.17, 15) is 22.4 Å². The summed E-state index contributed by atoms with van der Waals surface area (Å²) < 4.78 is 57.9. The Balaban J connectivity index is 0.00000450. The number of aliphatic imine (C=N–C) groups is 1.